The number of alkyl carbamates (subject to hydrolysis) is 1. The Morgan fingerprint density at radius 2 is 2.22 bits per heavy atom. The number of pyridine rings is 1. The van der Waals surface area contributed by atoms with Crippen LogP contribution in [0.2, 0.25) is 0 Å². The van der Waals surface area contributed by atoms with Gasteiger partial charge in [0.2, 0.25) is 5.88 Å². The largest absolute Gasteiger partial charge is 0.478 e. The van der Waals surface area contributed by atoms with Crippen molar-refractivity contribution in [3.8, 4) is 5.88 Å². The quantitative estimate of drug-likeness (QED) is 0.654. The van der Waals surface area contributed by atoms with Crippen molar-refractivity contribution in [3.05, 3.63) is 30.1 Å². The molecule has 0 radical (unpaired) electrons. The average Bonchev–Trinajstić information content (AvgIpc) is 3.29. The number of aromatic amines is 1. The SMILES string of the molecule is [2H]C1([2H])CC[C@H](C)NC(=O)O[C@@H]2CC[C@@H](C2)c2cc(n[nH]2)Nc2ccnc(c2)O1. The minimum atomic E-state index is -1.92. The molecule has 8 nitrogen and oxygen atoms in total. The maximum atomic E-state index is 12.2. The first-order valence-corrected chi connectivity index (χ1v) is 9.31. The number of hydrogen-bond acceptors (Lipinski definition) is 6. The van der Waals surface area contributed by atoms with Gasteiger partial charge in [-0.25, -0.2) is 9.78 Å². The number of anilines is 2. The predicted octanol–water partition coefficient (Wildman–Crippen LogP) is 3.47. The highest BCUT2D eigenvalue weighted by molar-refractivity contribution is 5.67. The smallest absolute Gasteiger partial charge is 0.407 e. The monoisotopic (exact) mass is 373 g/mol. The van der Waals surface area contributed by atoms with Crippen LogP contribution in [-0.4, -0.2) is 40.0 Å². The van der Waals surface area contributed by atoms with E-state index < -0.39 is 12.7 Å². The van der Waals surface area contributed by atoms with Gasteiger partial charge in [-0.3, -0.25) is 5.10 Å². The highest BCUT2D eigenvalue weighted by Crippen LogP contribution is 2.36. The summed E-state index contributed by atoms with van der Waals surface area (Å²) >= 11 is 0. The summed E-state index contributed by atoms with van der Waals surface area (Å²) in [6, 6.07) is 5.11. The summed E-state index contributed by atoms with van der Waals surface area (Å²) in [4.78, 5) is 16.3. The van der Waals surface area contributed by atoms with Gasteiger partial charge < -0.3 is 20.1 Å². The van der Waals surface area contributed by atoms with Crippen molar-refractivity contribution in [2.45, 2.75) is 57.1 Å². The van der Waals surface area contributed by atoms with Crippen molar-refractivity contribution in [2.75, 3.05) is 11.9 Å². The number of hydrogen-bond donors (Lipinski definition) is 3. The van der Waals surface area contributed by atoms with Crippen molar-refractivity contribution in [3.63, 3.8) is 0 Å². The van der Waals surface area contributed by atoms with Gasteiger partial charge in [0.25, 0.3) is 0 Å². The summed E-state index contributed by atoms with van der Waals surface area (Å²) in [6.07, 6.45) is 3.93. The lowest BCUT2D eigenvalue weighted by Crippen LogP contribution is -2.35. The van der Waals surface area contributed by atoms with Crippen molar-refractivity contribution in [2.24, 2.45) is 0 Å². The first-order chi connectivity index (χ1) is 13.9. The molecule has 3 atom stereocenters. The molecule has 144 valence electrons. The van der Waals surface area contributed by atoms with Gasteiger partial charge in [-0.2, -0.15) is 5.10 Å². The molecule has 6 bridgehead atoms. The summed E-state index contributed by atoms with van der Waals surface area (Å²) in [6.45, 7) is -0.100. The van der Waals surface area contributed by atoms with Gasteiger partial charge in [-0.05, 0) is 45.1 Å². The van der Waals surface area contributed by atoms with Crippen LogP contribution in [0.1, 0.15) is 53.4 Å². The third-order valence-corrected chi connectivity index (χ3v) is 4.92. The zero-order valence-corrected chi connectivity index (χ0v) is 15.2. The zero-order valence-electron chi connectivity index (χ0n) is 17.2. The number of rotatable bonds is 0. The molecule has 2 aromatic heterocycles. The molecule has 1 aliphatic carbocycles. The molecule has 1 amide bonds. The lowest BCUT2D eigenvalue weighted by molar-refractivity contribution is 0.0969. The number of nitrogens with zero attached hydrogens (tertiary/aromatic N) is 2. The van der Waals surface area contributed by atoms with Crippen LogP contribution < -0.4 is 15.4 Å². The van der Waals surface area contributed by atoms with Crippen molar-refractivity contribution in [1.82, 2.24) is 20.5 Å². The second-order valence-electron chi connectivity index (χ2n) is 7.08. The molecule has 2 aliphatic rings. The summed E-state index contributed by atoms with van der Waals surface area (Å²) in [5.41, 5.74) is 1.70. The predicted molar refractivity (Wildman–Crippen MR) is 100 cm³/mol. The van der Waals surface area contributed by atoms with E-state index in [4.69, 9.17) is 12.2 Å². The number of ether oxygens (including phenoxy) is 2. The highest BCUT2D eigenvalue weighted by Gasteiger charge is 2.30. The Morgan fingerprint density at radius 1 is 1.30 bits per heavy atom. The Hall–Kier alpha value is -2.77. The third-order valence-electron chi connectivity index (χ3n) is 4.92. The van der Waals surface area contributed by atoms with E-state index in [9.17, 15) is 4.79 Å². The fraction of sp³-hybridized carbons (Fsp3) is 0.526. The van der Waals surface area contributed by atoms with E-state index >= 15 is 0 Å². The van der Waals surface area contributed by atoms with Gasteiger partial charge in [-0.1, -0.05) is 0 Å². The molecule has 1 aliphatic heterocycles. The fourth-order valence-electron chi connectivity index (χ4n) is 3.49. The molecular formula is C19H25N5O3. The van der Waals surface area contributed by atoms with Crippen LogP contribution in [0, 0.1) is 0 Å². The van der Waals surface area contributed by atoms with E-state index in [1.165, 1.54) is 0 Å². The topological polar surface area (TPSA) is 101 Å². The molecule has 8 heteroatoms. The summed E-state index contributed by atoms with van der Waals surface area (Å²) in [5.74, 6) is 1.09. The van der Waals surface area contributed by atoms with Gasteiger partial charge in [0.15, 0.2) is 5.82 Å². The Morgan fingerprint density at radius 3 is 3.15 bits per heavy atom. The maximum Gasteiger partial charge on any atom is 0.407 e. The van der Waals surface area contributed by atoms with E-state index in [0.29, 0.717) is 17.9 Å². The molecule has 27 heavy (non-hydrogen) atoms. The number of carbonyl (C=O) groups excluding carboxylic acids is 1. The Labute approximate surface area is 160 Å². The zero-order chi connectivity index (χ0) is 20.4. The van der Waals surface area contributed by atoms with E-state index in [2.05, 4.69) is 25.8 Å². The lowest BCUT2D eigenvalue weighted by atomic mass is 10.0. The van der Waals surface area contributed by atoms with Crippen LogP contribution in [0.3, 0.4) is 0 Å². The number of amides is 1. The fourth-order valence-corrected chi connectivity index (χ4v) is 3.49. The van der Waals surface area contributed by atoms with Crippen LogP contribution in [0.4, 0.5) is 16.3 Å². The minimum absolute atomic E-state index is 0.0992. The van der Waals surface area contributed by atoms with Gasteiger partial charge in [0, 0.05) is 41.7 Å². The van der Waals surface area contributed by atoms with Crippen LogP contribution in [0.25, 0.3) is 0 Å². The standard InChI is InChI=1S/C19H25N5O3/c1-12-3-2-8-26-18-10-14(6-7-20-18)22-17-11-16(23-24-17)13-4-5-15(9-13)27-19(25)21-12/h6-7,10-13,15H,2-5,8-9H2,1H3,(H,21,25)(H2,22,23,24)/t12-,13-,15+/m0/s1/i8D2. The van der Waals surface area contributed by atoms with Crippen LogP contribution in [0.15, 0.2) is 24.4 Å². The average molecular weight is 373 g/mol. The number of carbonyl (C=O) groups is 1. The number of aromatic nitrogens is 3. The lowest BCUT2D eigenvalue weighted by Gasteiger charge is -2.17. The molecule has 0 aromatic carbocycles. The summed E-state index contributed by atoms with van der Waals surface area (Å²) in [7, 11) is 0. The second-order valence-corrected chi connectivity index (χ2v) is 7.08. The first-order valence-electron chi connectivity index (χ1n) is 10.3. The van der Waals surface area contributed by atoms with E-state index in [-0.39, 0.29) is 30.4 Å². The van der Waals surface area contributed by atoms with Crippen molar-refractivity contribution < 1.29 is 17.0 Å². The van der Waals surface area contributed by atoms with Crippen LogP contribution in [0.5, 0.6) is 5.88 Å². The number of nitrogens with one attached hydrogen (secondary N) is 3. The van der Waals surface area contributed by atoms with Gasteiger partial charge in [-0.15, -0.1) is 0 Å². The molecule has 0 saturated heterocycles. The molecule has 1 saturated carbocycles. The molecule has 0 spiro atoms. The highest BCUT2D eigenvalue weighted by atomic mass is 16.6. The van der Waals surface area contributed by atoms with Gasteiger partial charge in [0.1, 0.15) is 6.10 Å². The summed E-state index contributed by atoms with van der Waals surface area (Å²) < 4.78 is 27.2. The van der Waals surface area contributed by atoms with Gasteiger partial charge >= 0.3 is 6.09 Å². The van der Waals surface area contributed by atoms with E-state index in [1.54, 1.807) is 18.3 Å². The molecule has 0 unspecified atom stereocenters. The second kappa shape index (κ2) is 7.85. The van der Waals surface area contributed by atoms with Crippen molar-refractivity contribution >= 4 is 17.6 Å². The van der Waals surface area contributed by atoms with E-state index in [0.717, 1.165) is 25.0 Å². The third kappa shape index (κ3) is 4.50. The molecule has 2 aromatic rings. The minimum Gasteiger partial charge on any atom is -0.478 e. The number of H-pyrrole nitrogens is 1. The van der Waals surface area contributed by atoms with Crippen LogP contribution in [-0.2, 0) is 4.74 Å². The molecule has 1 fully saturated rings. The Bertz CT molecular complexity index is 875. The number of fused-ring (bicyclic) bond motifs is 7. The van der Waals surface area contributed by atoms with Crippen molar-refractivity contribution in [1.29, 1.82) is 0 Å². The van der Waals surface area contributed by atoms with E-state index in [1.807, 2.05) is 13.0 Å². The molecule has 3 N–H and O–H groups in total. The first kappa shape index (κ1) is 15.3. The van der Waals surface area contributed by atoms with Gasteiger partial charge in [0.05, 0.1) is 9.30 Å². The normalized spacial score (nSPS) is 28.9. The van der Waals surface area contributed by atoms with Crippen LogP contribution >= 0.6 is 0 Å². The summed E-state index contributed by atoms with van der Waals surface area (Å²) in [5, 5.41) is 13.3. The molecule has 4 rings (SSSR count). The molecular weight excluding hydrogens is 346 g/mol. The Kier molecular flexibility index (Phi) is 4.45. The molecule has 3 heterocycles. The Balaban J connectivity index is 1.57. The maximum absolute atomic E-state index is 12.2.